The van der Waals surface area contributed by atoms with Crippen LogP contribution in [0.15, 0.2) is 73.5 Å². The van der Waals surface area contributed by atoms with Crippen LogP contribution in [0.3, 0.4) is 0 Å². The number of rotatable bonds is 9. The van der Waals surface area contributed by atoms with Gasteiger partial charge in [-0.15, -0.1) is 6.58 Å². The van der Waals surface area contributed by atoms with Crippen LogP contribution in [0.4, 0.5) is 5.82 Å². The molecule has 142 valence electrons. The predicted molar refractivity (Wildman–Crippen MR) is 110 cm³/mol. The molecule has 0 aliphatic carbocycles. The van der Waals surface area contributed by atoms with Gasteiger partial charge in [-0.25, -0.2) is 4.98 Å². The van der Waals surface area contributed by atoms with Crippen molar-refractivity contribution in [3.63, 3.8) is 0 Å². The van der Waals surface area contributed by atoms with Gasteiger partial charge < -0.3 is 15.4 Å². The van der Waals surface area contributed by atoms with Gasteiger partial charge in [-0.2, -0.15) is 0 Å². The number of carbonyl (C=O) groups excluding carboxylic acids is 1. The quantitative estimate of drug-likeness (QED) is 0.640. The maximum atomic E-state index is 12.1. The first-order chi connectivity index (χ1) is 13.0. The van der Waals surface area contributed by atoms with E-state index in [2.05, 4.69) is 22.2 Å². The number of amides is 1. The van der Waals surface area contributed by atoms with Crippen LogP contribution in [-0.4, -0.2) is 23.0 Å². The van der Waals surface area contributed by atoms with Crippen LogP contribution in [-0.2, 0) is 4.79 Å². The SMILES string of the molecule is C=CC(Nc1cc(Oc2ccccc2)ccn1)C(C=CC)NC(=O)C(C)C. The Bertz CT molecular complexity index is 772. The van der Waals surface area contributed by atoms with Gasteiger partial charge in [0, 0.05) is 18.2 Å². The molecule has 2 aromatic rings. The Morgan fingerprint density at radius 3 is 2.52 bits per heavy atom. The summed E-state index contributed by atoms with van der Waals surface area (Å²) < 4.78 is 5.85. The summed E-state index contributed by atoms with van der Waals surface area (Å²) in [5.74, 6) is 1.97. The molecule has 0 aliphatic heterocycles. The Balaban J connectivity index is 2.13. The first-order valence-electron chi connectivity index (χ1n) is 9.04. The molecular weight excluding hydrogens is 338 g/mol. The van der Waals surface area contributed by atoms with E-state index < -0.39 is 0 Å². The number of hydrogen-bond donors (Lipinski definition) is 2. The third-order valence-electron chi connectivity index (χ3n) is 3.90. The zero-order valence-electron chi connectivity index (χ0n) is 16.1. The minimum Gasteiger partial charge on any atom is -0.457 e. The molecule has 1 aromatic heterocycles. The van der Waals surface area contributed by atoms with Crippen LogP contribution in [0.2, 0.25) is 0 Å². The summed E-state index contributed by atoms with van der Waals surface area (Å²) in [6.07, 6.45) is 7.28. The summed E-state index contributed by atoms with van der Waals surface area (Å²) in [4.78, 5) is 16.5. The first kappa shape index (κ1) is 20.2. The third kappa shape index (κ3) is 6.29. The molecule has 5 heteroatoms. The molecule has 0 aliphatic rings. The fourth-order valence-electron chi connectivity index (χ4n) is 2.44. The molecule has 27 heavy (non-hydrogen) atoms. The number of anilines is 1. The summed E-state index contributed by atoms with van der Waals surface area (Å²) in [7, 11) is 0. The van der Waals surface area contributed by atoms with Crippen molar-refractivity contribution in [1.29, 1.82) is 0 Å². The number of allylic oxidation sites excluding steroid dienone is 1. The van der Waals surface area contributed by atoms with Crippen molar-refractivity contribution in [2.75, 3.05) is 5.32 Å². The number of benzene rings is 1. The van der Waals surface area contributed by atoms with Crippen molar-refractivity contribution in [3.05, 3.63) is 73.5 Å². The lowest BCUT2D eigenvalue weighted by Crippen LogP contribution is -2.46. The van der Waals surface area contributed by atoms with E-state index >= 15 is 0 Å². The monoisotopic (exact) mass is 365 g/mol. The summed E-state index contributed by atoms with van der Waals surface area (Å²) in [6, 6.07) is 12.7. The second kappa shape index (κ2) is 10.2. The molecule has 0 bridgehead atoms. The minimum absolute atomic E-state index is 0.0131. The molecule has 0 spiro atoms. The van der Waals surface area contributed by atoms with Gasteiger partial charge in [-0.05, 0) is 25.1 Å². The fourth-order valence-corrected chi connectivity index (χ4v) is 2.44. The maximum Gasteiger partial charge on any atom is 0.223 e. The second-order valence-electron chi connectivity index (χ2n) is 6.41. The van der Waals surface area contributed by atoms with Crippen LogP contribution < -0.4 is 15.4 Å². The average Bonchev–Trinajstić information content (AvgIpc) is 2.67. The molecule has 2 unspecified atom stereocenters. The normalized spacial score (nSPS) is 13.2. The Labute approximate surface area is 161 Å². The molecule has 0 saturated heterocycles. The number of para-hydroxylation sites is 1. The number of hydrogen-bond acceptors (Lipinski definition) is 4. The number of ether oxygens (including phenoxy) is 1. The predicted octanol–water partition coefficient (Wildman–Crippen LogP) is 4.56. The Morgan fingerprint density at radius 2 is 1.89 bits per heavy atom. The lowest BCUT2D eigenvalue weighted by Gasteiger charge is -2.25. The van der Waals surface area contributed by atoms with Gasteiger partial charge in [0.05, 0.1) is 12.1 Å². The molecule has 1 heterocycles. The second-order valence-corrected chi connectivity index (χ2v) is 6.41. The molecule has 0 radical (unpaired) electrons. The summed E-state index contributed by atoms with van der Waals surface area (Å²) in [6.45, 7) is 9.54. The van der Waals surface area contributed by atoms with E-state index in [9.17, 15) is 4.79 Å². The molecule has 1 aromatic carbocycles. The highest BCUT2D eigenvalue weighted by atomic mass is 16.5. The highest BCUT2D eigenvalue weighted by Gasteiger charge is 2.20. The lowest BCUT2D eigenvalue weighted by molar-refractivity contribution is -0.124. The van der Waals surface area contributed by atoms with Gasteiger partial charge >= 0.3 is 0 Å². The zero-order valence-corrected chi connectivity index (χ0v) is 16.1. The topological polar surface area (TPSA) is 63.2 Å². The van der Waals surface area contributed by atoms with Gasteiger partial charge in [0.15, 0.2) is 0 Å². The van der Waals surface area contributed by atoms with E-state index in [0.717, 1.165) is 5.75 Å². The largest absolute Gasteiger partial charge is 0.457 e. The van der Waals surface area contributed by atoms with Crippen LogP contribution in [0.1, 0.15) is 20.8 Å². The van der Waals surface area contributed by atoms with E-state index in [1.54, 1.807) is 18.3 Å². The van der Waals surface area contributed by atoms with Crippen molar-refractivity contribution in [1.82, 2.24) is 10.3 Å². The molecule has 0 fully saturated rings. The third-order valence-corrected chi connectivity index (χ3v) is 3.90. The number of carbonyl (C=O) groups is 1. The van der Waals surface area contributed by atoms with Gasteiger partial charge in [-0.3, -0.25) is 4.79 Å². The summed E-state index contributed by atoms with van der Waals surface area (Å²) in [5.41, 5.74) is 0. The van der Waals surface area contributed by atoms with Crippen LogP contribution in [0.5, 0.6) is 11.5 Å². The van der Waals surface area contributed by atoms with Crippen LogP contribution >= 0.6 is 0 Å². The van der Waals surface area contributed by atoms with Gasteiger partial charge in [0.2, 0.25) is 5.91 Å². The van der Waals surface area contributed by atoms with Gasteiger partial charge in [0.25, 0.3) is 0 Å². The maximum absolute atomic E-state index is 12.1. The van der Waals surface area contributed by atoms with Gasteiger partial charge in [-0.1, -0.05) is 50.3 Å². The number of nitrogens with one attached hydrogen (secondary N) is 2. The fraction of sp³-hybridized carbons (Fsp3) is 0.273. The van der Waals surface area contributed by atoms with E-state index in [1.165, 1.54) is 0 Å². The Morgan fingerprint density at radius 1 is 1.15 bits per heavy atom. The van der Waals surface area contributed by atoms with E-state index in [1.807, 2.05) is 69.3 Å². The van der Waals surface area contributed by atoms with Crippen LogP contribution in [0, 0.1) is 5.92 Å². The smallest absolute Gasteiger partial charge is 0.223 e. The van der Waals surface area contributed by atoms with E-state index in [-0.39, 0.29) is 23.9 Å². The molecular formula is C22H27N3O2. The molecule has 0 saturated carbocycles. The lowest BCUT2D eigenvalue weighted by atomic mass is 10.1. The summed E-state index contributed by atoms with van der Waals surface area (Å²) in [5, 5.41) is 6.33. The standard InChI is InChI=1S/C22H27N3O2/c1-5-10-20(25-22(26)16(3)4)19(6-2)24-21-15-18(13-14-23-21)27-17-11-8-7-9-12-17/h5-16,19-20H,2H2,1,3-4H3,(H,23,24)(H,25,26). The van der Waals surface area contributed by atoms with Crippen LogP contribution in [0.25, 0.3) is 0 Å². The molecule has 2 rings (SSSR count). The van der Waals surface area contributed by atoms with Crippen molar-refractivity contribution in [2.45, 2.75) is 32.9 Å². The summed E-state index contributed by atoms with van der Waals surface area (Å²) >= 11 is 0. The Hall–Kier alpha value is -3.08. The molecule has 2 atom stereocenters. The molecule has 1 amide bonds. The number of aromatic nitrogens is 1. The number of pyridine rings is 1. The Kier molecular flexibility index (Phi) is 7.62. The van der Waals surface area contributed by atoms with Crippen molar-refractivity contribution in [2.24, 2.45) is 5.92 Å². The molecule has 2 N–H and O–H groups in total. The first-order valence-corrected chi connectivity index (χ1v) is 9.04. The zero-order chi connectivity index (χ0) is 19.6. The highest BCUT2D eigenvalue weighted by Crippen LogP contribution is 2.23. The average molecular weight is 365 g/mol. The minimum atomic E-state index is -0.233. The van der Waals surface area contributed by atoms with E-state index in [4.69, 9.17) is 4.74 Å². The molecule has 5 nitrogen and oxygen atoms in total. The van der Waals surface area contributed by atoms with Crippen molar-refractivity contribution >= 4 is 11.7 Å². The van der Waals surface area contributed by atoms with Crippen molar-refractivity contribution < 1.29 is 9.53 Å². The number of nitrogens with zero attached hydrogens (tertiary/aromatic N) is 1. The highest BCUT2D eigenvalue weighted by molar-refractivity contribution is 5.78. The van der Waals surface area contributed by atoms with Gasteiger partial charge in [0.1, 0.15) is 17.3 Å². The van der Waals surface area contributed by atoms with Crippen molar-refractivity contribution in [3.8, 4) is 11.5 Å². The van der Waals surface area contributed by atoms with E-state index in [0.29, 0.717) is 11.6 Å².